The topological polar surface area (TPSA) is 56.7 Å². The lowest BCUT2D eigenvalue weighted by Crippen LogP contribution is -2.40. The minimum atomic E-state index is -0.0192. The first-order valence-electron chi connectivity index (χ1n) is 9.35. The van der Waals surface area contributed by atoms with E-state index in [1.165, 1.54) is 16.0 Å². The van der Waals surface area contributed by atoms with Gasteiger partial charge in [0, 0.05) is 25.5 Å². The number of carbonyl (C=O) groups excluding carboxylic acids is 1. The van der Waals surface area contributed by atoms with Crippen molar-refractivity contribution >= 4 is 47.2 Å². The van der Waals surface area contributed by atoms with Gasteiger partial charge in [0.25, 0.3) is 0 Å². The lowest BCUT2D eigenvalue weighted by atomic mass is 10.1. The van der Waals surface area contributed by atoms with E-state index in [-0.39, 0.29) is 42.5 Å². The van der Waals surface area contributed by atoms with Gasteiger partial charge < -0.3 is 15.5 Å². The number of likely N-dealkylation sites (N-methyl/N-ethyl adjacent to an activating group) is 1. The smallest absolute Gasteiger partial charge is 0.243 e. The molecule has 0 fully saturated rings. The van der Waals surface area contributed by atoms with Crippen LogP contribution in [0.2, 0.25) is 0 Å². The van der Waals surface area contributed by atoms with E-state index in [1.807, 2.05) is 0 Å². The molecule has 0 aliphatic heterocycles. The summed E-state index contributed by atoms with van der Waals surface area (Å²) in [6.07, 6.45) is 1.96. The van der Waals surface area contributed by atoms with Gasteiger partial charge in [-0.2, -0.15) is 0 Å². The van der Waals surface area contributed by atoms with Crippen LogP contribution in [0.15, 0.2) is 46.8 Å². The van der Waals surface area contributed by atoms with Crippen molar-refractivity contribution in [3.8, 4) is 0 Å². The van der Waals surface area contributed by atoms with E-state index >= 15 is 0 Å². The number of guanidine groups is 1. The summed E-state index contributed by atoms with van der Waals surface area (Å²) in [5.41, 5.74) is 2.52. The highest BCUT2D eigenvalue weighted by Crippen LogP contribution is 2.14. The lowest BCUT2D eigenvalue weighted by molar-refractivity contribution is -0.127. The number of nitrogens with one attached hydrogen (secondary N) is 2. The number of amides is 1. The summed E-state index contributed by atoms with van der Waals surface area (Å²) in [6, 6.07) is 12.9. The molecule has 0 radical (unpaired) electrons. The van der Waals surface area contributed by atoms with Gasteiger partial charge in [0.2, 0.25) is 5.91 Å². The average Bonchev–Trinajstić information content (AvgIpc) is 3.19. The zero-order chi connectivity index (χ0) is 19.6. The zero-order valence-electron chi connectivity index (χ0n) is 17.1. The van der Waals surface area contributed by atoms with Gasteiger partial charge >= 0.3 is 0 Å². The Labute approximate surface area is 189 Å². The lowest BCUT2D eigenvalue weighted by Gasteiger charge is -2.19. The number of nitrogens with zero attached hydrogens (tertiary/aromatic N) is 2. The van der Waals surface area contributed by atoms with Crippen LogP contribution in [0.25, 0.3) is 0 Å². The largest absolute Gasteiger partial charge is 0.356 e. The summed E-state index contributed by atoms with van der Waals surface area (Å²) in [5.74, 6) is 0.642. The molecule has 0 aliphatic rings. The van der Waals surface area contributed by atoms with Gasteiger partial charge in [-0.15, -0.1) is 35.3 Å². The third-order valence-electron chi connectivity index (χ3n) is 4.36. The molecule has 2 N–H and O–H groups in total. The predicted octanol–water partition coefficient (Wildman–Crippen LogP) is 3.86. The third-order valence-corrected chi connectivity index (χ3v) is 5.29. The highest BCUT2D eigenvalue weighted by atomic mass is 127. The van der Waals surface area contributed by atoms with E-state index < -0.39 is 0 Å². The van der Waals surface area contributed by atoms with Crippen LogP contribution in [0.1, 0.15) is 35.9 Å². The summed E-state index contributed by atoms with van der Waals surface area (Å²) in [5, 5.41) is 8.85. The molecule has 1 aromatic carbocycles. The first-order chi connectivity index (χ1) is 13.0. The highest BCUT2D eigenvalue weighted by Gasteiger charge is 2.10. The van der Waals surface area contributed by atoms with E-state index in [1.54, 1.807) is 30.3 Å². The minimum absolute atomic E-state index is 0. The summed E-state index contributed by atoms with van der Waals surface area (Å²) < 4.78 is 0. The summed E-state index contributed by atoms with van der Waals surface area (Å²) in [6.45, 7) is 5.15. The number of hydrogen-bond acceptors (Lipinski definition) is 3. The van der Waals surface area contributed by atoms with Crippen molar-refractivity contribution < 1.29 is 4.79 Å². The molecule has 2 aromatic rings. The molecule has 0 saturated carbocycles. The van der Waals surface area contributed by atoms with Crippen LogP contribution in [0, 0.1) is 0 Å². The normalized spacial score (nSPS) is 12.1. The van der Waals surface area contributed by atoms with E-state index in [2.05, 4.69) is 71.3 Å². The Hall–Kier alpha value is -1.61. The molecule has 2 rings (SSSR count). The Bertz CT molecular complexity index is 729. The minimum Gasteiger partial charge on any atom is -0.356 e. The molecule has 0 aliphatic carbocycles. The number of hydrogen-bond donors (Lipinski definition) is 2. The Balaban J connectivity index is 0.00000392. The van der Waals surface area contributed by atoms with Crippen molar-refractivity contribution in [3.05, 3.63) is 57.8 Å². The number of thiophene rings is 1. The number of carbonyl (C=O) groups is 1. The van der Waals surface area contributed by atoms with Crippen molar-refractivity contribution in [2.75, 3.05) is 27.2 Å². The molecule has 7 heteroatoms. The second kappa shape index (κ2) is 12.8. The maximum Gasteiger partial charge on any atom is 0.243 e. The zero-order valence-corrected chi connectivity index (χ0v) is 20.2. The molecule has 1 atom stereocenters. The number of rotatable bonds is 8. The van der Waals surface area contributed by atoms with Crippen molar-refractivity contribution in [1.82, 2.24) is 15.5 Å². The van der Waals surface area contributed by atoms with E-state index in [0.29, 0.717) is 5.96 Å². The van der Waals surface area contributed by atoms with Crippen LogP contribution in [0.4, 0.5) is 0 Å². The molecule has 1 aromatic heterocycles. The quantitative estimate of drug-likeness (QED) is 0.320. The fourth-order valence-corrected chi connectivity index (χ4v) is 3.24. The third kappa shape index (κ3) is 8.18. The molecule has 1 unspecified atom stereocenters. The van der Waals surface area contributed by atoms with Gasteiger partial charge in [-0.1, -0.05) is 37.3 Å². The standard InChI is InChI=1S/C21H30N4OS.HI/c1-5-17-8-10-18(11-9-17)16(2)24-21(23-15-20(26)25(3)4)22-13-12-19-7-6-14-27-19;/h6-11,14,16H,5,12-13,15H2,1-4H3,(H2,22,23,24);1H. The van der Waals surface area contributed by atoms with Gasteiger partial charge in [0.1, 0.15) is 6.54 Å². The van der Waals surface area contributed by atoms with Gasteiger partial charge in [0.15, 0.2) is 5.96 Å². The second-order valence-corrected chi connectivity index (χ2v) is 7.70. The van der Waals surface area contributed by atoms with Crippen molar-refractivity contribution in [2.45, 2.75) is 32.7 Å². The molecule has 0 bridgehead atoms. The van der Waals surface area contributed by atoms with Crippen molar-refractivity contribution in [1.29, 1.82) is 0 Å². The number of halogens is 1. The molecule has 28 heavy (non-hydrogen) atoms. The van der Waals surface area contributed by atoms with Gasteiger partial charge in [-0.25, -0.2) is 4.99 Å². The molecule has 1 amide bonds. The first kappa shape index (κ1) is 24.4. The second-order valence-electron chi connectivity index (χ2n) is 6.67. The Morgan fingerprint density at radius 2 is 1.93 bits per heavy atom. The molecule has 0 saturated heterocycles. The Morgan fingerprint density at radius 3 is 2.50 bits per heavy atom. The SMILES string of the molecule is CCc1ccc(C(C)NC(=NCC(=O)N(C)C)NCCc2cccs2)cc1.I. The van der Waals surface area contributed by atoms with Crippen LogP contribution in [-0.4, -0.2) is 44.0 Å². The summed E-state index contributed by atoms with van der Waals surface area (Å²) in [4.78, 5) is 19.3. The van der Waals surface area contributed by atoms with Crippen molar-refractivity contribution in [3.63, 3.8) is 0 Å². The Morgan fingerprint density at radius 1 is 1.21 bits per heavy atom. The van der Waals surface area contributed by atoms with Crippen LogP contribution in [0.5, 0.6) is 0 Å². The van der Waals surface area contributed by atoms with E-state index in [4.69, 9.17) is 0 Å². The molecule has 1 heterocycles. The first-order valence-corrected chi connectivity index (χ1v) is 10.2. The highest BCUT2D eigenvalue weighted by molar-refractivity contribution is 14.0. The average molecular weight is 514 g/mol. The van der Waals surface area contributed by atoms with Crippen LogP contribution >= 0.6 is 35.3 Å². The molecule has 5 nitrogen and oxygen atoms in total. The van der Waals surface area contributed by atoms with Crippen LogP contribution in [0.3, 0.4) is 0 Å². The van der Waals surface area contributed by atoms with Crippen LogP contribution < -0.4 is 10.6 Å². The maximum atomic E-state index is 11.9. The number of benzene rings is 1. The van der Waals surface area contributed by atoms with E-state index in [9.17, 15) is 4.79 Å². The predicted molar refractivity (Wildman–Crippen MR) is 130 cm³/mol. The molecular formula is C21H31IN4OS. The summed E-state index contributed by atoms with van der Waals surface area (Å²) >= 11 is 1.75. The Kier molecular flexibility index (Phi) is 11.1. The molecular weight excluding hydrogens is 483 g/mol. The fourth-order valence-electron chi connectivity index (χ4n) is 2.53. The molecule has 0 spiro atoms. The van der Waals surface area contributed by atoms with Crippen LogP contribution in [-0.2, 0) is 17.6 Å². The fraction of sp³-hybridized carbons (Fsp3) is 0.429. The molecule has 154 valence electrons. The van der Waals surface area contributed by atoms with Gasteiger partial charge in [-0.05, 0) is 42.3 Å². The monoisotopic (exact) mass is 514 g/mol. The maximum absolute atomic E-state index is 11.9. The van der Waals surface area contributed by atoms with Crippen molar-refractivity contribution in [2.24, 2.45) is 4.99 Å². The van der Waals surface area contributed by atoms with Gasteiger partial charge in [0.05, 0.1) is 6.04 Å². The number of aliphatic imine (C=N–C) groups is 1. The van der Waals surface area contributed by atoms with E-state index in [0.717, 1.165) is 19.4 Å². The summed E-state index contributed by atoms with van der Waals surface area (Å²) in [7, 11) is 3.49. The van der Waals surface area contributed by atoms with Gasteiger partial charge in [-0.3, -0.25) is 4.79 Å². The number of aryl methyl sites for hydroxylation is 1.